The number of halogens is 1. The lowest BCUT2D eigenvalue weighted by Gasteiger charge is -2.43. The third-order valence-electron chi connectivity index (χ3n) is 5.08. The van der Waals surface area contributed by atoms with Gasteiger partial charge in [0.05, 0.1) is 23.0 Å². The molecule has 1 aliphatic rings. The number of nitrogens with one attached hydrogen (secondary N) is 2. The Hall–Kier alpha value is -3.02. The number of carbonyl (C=O) groups excluding carboxylic acids is 1. The van der Waals surface area contributed by atoms with Crippen molar-refractivity contribution < 1.29 is 9.18 Å². The molecule has 1 saturated carbocycles. The molecular formula is C20H18FN3O2. The van der Waals surface area contributed by atoms with E-state index in [-0.39, 0.29) is 23.7 Å². The van der Waals surface area contributed by atoms with Gasteiger partial charge in [0.25, 0.3) is 5.56 Å². The van der Waals surface area contributed by atoms with Crippen LogP contribution in [0.3, 0.4) is 0 Å². The molecule has 0 bridgehead atoms. The van der Waals surface area contributed by atoms with E-state index in [1.807, 2.05) is 0 Å². The van der Waals surface area contributed by atoms with Crippen LogP contribution in [0.2, 0.25) is 0 Å². The summed E-state index contributed by atoms with van der Waals surface area (Å²) in [6.07, 6.45) is 2.38. The number of benzene rings is 2. The Morgan fingerprint density at radius 1 is 1.12 bits per heavy atom. The zero-order valence-electron chi connectivity index (χ0n) is 14.1. The minimum atomic E-state index is -0.652. The predicted octanol–water partition coefficient (Wildman–Crippen LogP) is 2.80. The largest absolute Gasteiger partial charge is 0.346 e. The highest BCUT2D eigenvalue weighted by Gasteiger charge is 2.41. The number of aromatic amines is 1. The summed E-state index contributed by atoms with van der Waals surface area (Å²) in [5.74, 6) is -0.544. The SMILES string of the molecule is O=C(Cc1n[nH]c(=O)c2ccccc12)NC1(c2ccccc2F)CCC1. The minimum absolute atomic E-state index is 0.0213. The Morgan fingerprint density at radius 3 is 2.50 bits per heavy atom. The summed E-state index contributed by atoms with van der Waals surface area (Å²) >= 11 is 0. The minimum Gasteiger partial charge on any atom is -0.346 e. The van der Waals surface area contributed by atoms with Crippen LogP contribution in [0.4, 0.5) is 4.39 Å². The molecule has 0 atom stereocenters. The number of hydrogen-bond donors (Lipinski definition) is 2. The molecule has 2 N–H and O–H groups in total. The average Bonchev–Trinajstić information content (AvgIpc) is 2.62. The van der Waals surface area contributed by atoms with Crippen molar-refractivity contribution in [3.05, 3.63) is 76.0 Å². The Labute approximate surface area is 149 Å². The van der Waals surface area contributed by atoms with E-state index < -0.39 is 5.54 Å². The van der Waals surface area contributed by atoms with Crippen LogP contribution in [0.15, 0.2) is 53.3 Å². The molecule has 6 heteroatoms. The third-order valence-corrected chi connectivity index (χ3v) is 5.08. The van der Waals surface area contributed by atoms with Gasteiger partial charge < -0.3 is 5.32 Å². The maximum atomic E-state index is 14.2. The summed E-state index contributed by atoms with van der Waals surface area (Å²) < 4.78 is 14.2. The van der Waals surface area contributed by atoms with Crippen molar-refractivity contribution in [3.63, 3.8) is 0 Å². The van der Waals surface area contributed by atoms with E-state index in [0.717, 1.165) is 6.42 Å². The lowest BCUT2D eigenvalue weighted by Crippen LogP contribution is -2.51. The fraction of sp³-hybridized carbons (Fsp3) is 0.250. The first kappa shape index (κ1) is 16.4. The van der Waals surface area contributed by atoms with Crippen LogP contribution >= 0.6 is 0 Å². The van der Waals surface area contributed by atoms with Crippen molar-refractivity contribution in [3.8, 4) is 0 Å². The highest BCUT2D eigenvalue weighted by atomic mass is 19.1. The Kier molecular flexibility index (Phi) is 4.03. The summed E-state index contributed by atoms with van der Waals surface area (Å²) in [5, 5.41) is 10.6. The molecular weight excluding hydrogens is 333 g/mol. The average molecular weight is 351 g/mol. The second kappa shape index (κ2) is 6.37. The first-order chi connectivity index (χ1) is 12.6. The van der Waals surface area contributed by atoms with Gasteiger partial charge >= 0.3 is 0 Å². The summed E-state index contributed by atoms with van der Waals surface area (Å²) in [7, 11) is 0. The van der Waals surface area contributed by atoms with E-state index in [9.17, 15) is 14.0 Å². The zero-order chi connectivity index (χ0) is 18.1. The van der Waals surface area contributed by atoms with Crippen LogP contribution in [0.25, 0.3) is 10.8 Å². The maximum Gasteiger partial charge on any atom is 0.272 e. The highest BCUT2D eigenvalue weighted by Crippen LogP contribution is 2.42. The molecule has 1 aromatic heterocycles. The highest BCUT2D eigenvalue weighted by molar-refractivity contribution is 5.88. The van der Waals surface area contributed by atoms with Crippen molar-refractivity contribution in [2.24, 2.45) is 0 Å². The maximum absolute atomic E-state index is 14.2. The first-order valence-electron chi connectivity index (χ1n) is 8.61. The molecule has 1 aliphatic carbocycles. The summed E-state index contributed by atoms with van der Waals surface area (Å²) in [4.78, 5) is 24.5. The lowest BCUT2D eigenvalue weighted by molar-refractivity contribution is -0.123. The number of amides is 1. The van der Waals surface area contributed by atoms with Crippen LogP contribution < -0.4 is 10.9 Å². The van der Waals surface area contributed by atoms with E-state index >= 15 is 0 Å². The smallest absolute Gasteiger partial charge is 0.272 e. The van der Waals surface area contributed by atoms with Gasteiger partial charge in [-0.1, -0.05) is 36.4 Å². The van der Waals surface area contributed by atoms with Gasteiger partial charge in [0.15, 0.2) is 0 Å². The second-order valence-corrected chi connectivity index (χ2v) is 6.69. The fourth-order valence-electron chi connectivity index (χ4n) is 3.61. The molecule has 2 aromatic carbocycles. The van der Waals surface area contributed by atoms with Crippen molar-refractivity contribution in [2.75, 3.05) is 0 Å². The Balaban J connectivity index is 1.61. The summed E-state index contributed by atoms with van der Waals surface area (Å²) in [6.45, 7) is 0. The number of hydrogen-bond acceptors (Lipinski definition) is 3. The van der Waals surface area contributed by atoms with Crippen molar-refractivity contribution in [1.29, 1.82) is 0 Å². The molecule has 1 fully saturated rings. The van der Waals surface area contributed by atoms with E-state index in [0.29, 0.717) is 34.9 Å². The third kappa shape index (κ3) is 2.77. The van der Waals surface area contributed by atoms with Gasteiger partial charge in [0, 0.05) is 10.9 Å². The summed E-state index contributed by atoms with van der Waals surface area (Å²) in [6, 6.07) is 13.6. The van der Waals surface area contributed by atoms with Gasteiger partial charge in [-0.25, -0.2) is 9.49 Å². The molecule has 132 valence electrons. The first-order valence-corrected chi connectivity index (χ1v) is 8.61. The standard InChI is InChI=1S/C20H18FN3O2/c21-16-9-4-3-8-15(16)20(10-5-11-20)22-18(25)12-17-13-6-1-2-7-14(13)19(26)24-23-17/h1-4,6-9H,5,10-12H2,(H,22,25)(H,24,26). The Morgan fingerprint density at radius 2 is 1.81 bits per heavy atom. The fourth-order valence-corrected chi connectivity index (χ4v) is 3.61. The molecule has 5 nitrogen and oxygen atoms in total. The molecule has 1 amide bonds. The monoisotopic (exact) mass is 351 g/mol. The number of aromatic nitrogens is 2. The van der Waals surface area contributed by atoms with Gasteiger partial charge in [0.2, 0.25) is 5.91 Å². The predicted molar refractivity (Wildman–Crippen MR) is 96.1 cm³/mol. The van der Waals surface area contributed by atoms with Gasteiger partial charge in [-0.05, 0) is 31.4 Å². The topological polar surface area (TPSA) is 74.8 Å². The number of nitrogens with zero attached hydrogens (tertiary/aromatic N) is 1. The lowest BCUT2D eigenvalue weighted by atomic mass is 9.71. The van der Waals surface area contributed by atoms with E-state index in [2.05, 4.69) is 15.5 Å². The van der Waals surface area contributed by atoms with Gasteiger partial charge in [-0.3, -0.25) is 9.59 Å². The molecule has 1 heterocycles. The van der Waals surface area contributed by atoms with E-state index in [4.69, 9.17) is 0 Å². The normalized spacial score (nSPS) is 15.4. The molecule has 4 rings (SSSR count). The molecule has 0 aliphatic heterocycles. The zero-order valence-corrected chi connectivity index (χ0v) is 14.1. The van der Waals surface area contributed by atoms with Gasteiger partial charge in [-0.15, -0.1) is 0 Å². The molecule has 0 spiro atoms. The number of H-pyrrole nitrogens is 1. The van der Waals surface area contributed by atoms with Crippen molar-refractivity contribution in [2.45, 2.75) is 31.2 Å². The van der Waals surface area contributed by atoms with Crippen molar-refractivity contribution in [1.82, 2.24) is 15.5 Å². The summed E-state index contributed by atoms with van der Waals surface area (Å²) in [5.41, 5.74) is 0.0895. The Bertz CT molecular complexity index is 1040. The van der Waals surface area contributed by atoms with E-state index in [1.165, 1.54) is 6.07 Å². The van der Waals surface area contributed by atoms with Crippen molar-refractivity contribution >= 4 is 16.7 Å². The van der Waals surface area contributed by atoms with Crippen LogP contribution in [0.1, 0.15) is 30.5 Å². The number of fused-ring (bicyclic) bond motifs is 1. The molecule has 0 saturated heterocycles. The number of carbonyl (C=O) groups is 1. The van der Waals surface area contributed by atoms with Gasteiger partial charge in [0.1, 0.15) is 5.82 Å². The molecule has 26 heavy (non-hydrogen) atoms. The van der Waals surface area contributed by atoms with E-state index in [1.54, 1.807) is 42.5 Å². The molecule has 0 radical (unpaired) electrons. The van der Waals surface area contributed by atoms with Crippen LogP contribution in [0.5, 0.6) is 0 Å². The number of rotatable bonds is 4. The second-order valence-electron chi connectivity index (χ2n) is 6.69. The molecule has 3 aromatic rings. The quantitative estimate of drug-likeness (QED) is 0.759. The van der Waals surface area contributed by atoms with Crippen LogP contribution in [-0.4, -0.2) is 16.1 Å². The van der Waals surface area contributed by atoms with Crippen LogP contribution in [-0.2, 0) is 16.8 Å². The van der Waals surface area contributed by atoms with Gasteiger partial charge in [-0.2, -0.15) is 5.10 Å². The molecule has 0 unspecified atom stereocenters. The van der Waals surface area contributed by atoms with Crippen LogP contribution in [0, 0.1) is 5.82 Å².